The van der Waals surface area contributed by atoms with Gasteiger partial charge in [0.15, 0.2) is 0 Å². The van der Waals surface area contributed by atoms with E-state index >= 15 is 0 Å². The summed E-state index contributed by atoms with van der Waals surface area (Å²) < 4.78 is 0. The zero-order valence-corrected chi connectivity index (χ0v) is 14.0. The summed E-state index contributed by atoms with van der Waals surface area (Å²) in [6.45, 7) is 5.22. The molecule has 0 saturated heterocycles. The van der Waals surface area contributed by atoms with E-state index in [2.05, 4.69) is 43.4 Å². The molecular formula is C18H21Cl2N. The maximum atomic E-state index is 6.30. The van der Waals surface area contributed by atoms with E-state index in [4.69, 9.17) is 23.2 Å². The first-order valence-corrected chi connectivity index (χ1v) is 8.09. The Kier molecular flexibility index (Phi) is 6.10. The van der Waals surface area contributed by atoms with E-state index in [0.29, 0.717) is 5.02 Å². The highest BCUT2D eigenvalue weighted by molar-refractivity contribution is 6.35. The van der Waals surface area contributed by atoms with Gasteiger partial charge in [0.2, 0.25) is 0 Å². The summed E-state index contributed by atoms with van der Waals surface area (Å²) in [6.07, 6.45) is 2.01. The predicted molar refractivity (Wildman–Crippen MR) is 92.4 cm³/mol. The van der Waals surface area contributed by atoms with Gasteiger partial charge in [-0.2, -0.15) is 0 Å². The number of hydrogen-bond acceptors (Lipinski definition) is 1. The van der Waals surface area contributed by atoms with Crippen LogP contribution in [0.4, 0.5) is 0 Å². The third-order valence-corrected chi connectivity index (χ3v) is 4.20. The van der Waals surface area contributed by atoms with E-state index in [1.54, 1.807) is 0 Å². The molecule has 0 aromatic heterocycles. The lowest BCUT2D eigenvalue weighted by Crippen LogP contribution is -2.23. The quantitative estimate of drug-likeness (QED) is 0.731. The van der Waals surface area contributed by atoms with E-state index in [1.807, 2.05) is 18.2 Å². The first-order chi connectivity index (χ1) is 10.1. The molecule has 1 atom stereocenters. The second-order valence-corrected chi connectivity index (χ2v) is 6.16. The molecule has 0 spiro atoms. The molecule has 3 heteroatoms. The lowest BCUT2D eigenvalue weighted by Gasteiger charge is -2.19. The lowest BCUT2D eigenvalue weighted by atomic mass is 10.0. The average Bonchev–Trinajstić information content (AvgIpc) is 2.45. The monoisotopic (exact) mass is 321 g/mol. The van der Waals surface area contributed by atoms with Gasteiger partial charge in [0.1, 0.15) is 0 Å². The van der Waals surface area contributed by atoms with Crippen molar-refractivity contribution in [3.05, 3.63) is 69.2 Å². The summed E-state index contributed by atoms with van der Waals surface area (Å²) in [5.74, 6) is 0. The number of benzene rings is 2. The Morgan fingerprint density at radius 3 is 2.57 bits per heavy atom. The average molecular weight is 322 g/mol. The third kappa shape index (κ3) is 4.74. The first kappa shape index (κ1) is 16.4. The molecule has 0 bridgehead atoms. The van der Waals surface area contributed by atoms with Crippen molar-refractivity contribution < 1.29 is 0 Å². The summed E-state index contributed by atoms with van der Waals surface area (Å²) in [6, 6.07) is 14.6. The number of halogens is 2. The van der Waals surface area contributed by atoms with E-state index in [1.165, 1.54) is 11.1 Å². The molecule has 0 aliphatic rings. The molecule has 112 valence electrons. The molecule has 0 saturated carbocycles. The SMILES string of the molecule is CCC(NCCc1cccc(C)c1)c1ccc(Cl)cc1Cl. The van der Waals surface area contributed by atoms with E-state index < -0.39 is 0 Å². The molecular weight excluding hydrogens is 301 g/mol. The van der Waals surface area contributed by atoms with Crippen LogP contribution in [0.25, 0.3) is 0 Å². The van der Waals surface area contributed by atoms with Crippen molar-refractivity contribution in [1.29, 1.82) is 0 Å². The van der Waals surface area contributed by atoms with E-state index in [-0.39, 0.29) is 6.04 Å². The minimum Gasteiger partial charge on any atom is -0.310 e. The minimum absolute atomic E-state index is 0.263. The molecule has 1 nitrogen and oxygen atoms in total. The van der Waals surface area contributed by atoms with Gasteiger partial charge in [-0.15, -0.1) is 0 Å². The molecule has 0 aliphatic heterocycles. The highest BCUT2D eigenvalue weighted by Crippen LogP contribution is 2.27. The molecule has 0 fully saturated rings. The zero-order chi connectivity index (χ0) is 15.2. The number of hydrogen-bond donors (Lipinski definition) is 1. The van der Waals surface area contributed by atoms with Gasteiger partial charge in [0.25, 0.3) is 0 Å². The van der Waals surface area contributed by atoms with Crippen LogP contribution < -0.4 is 5.32 Å². The van der Waals surface area contributed by atoms with Gasteiger partial charge in [-0.3, -0.25) is 0 Å². The molecule has 21 heavy (non-hydrogen) atoms. The van der Waals surface area contributed by atoms with Crippen molar-refractivity contribution in [2.45, 2.75) is 32.7 Å². The molecule has 0 aliphatic carbocycles. The van der Waals surface area contributed by atoms with Crippen molar-refractivity contribution >= 4 is 23.2 Å². The Bertz CT molecular complexity index is 596. The van der Waals surface area contributed by atoms with Crippen molar-refractivity contribution in [1.82, 2.24) is 5.32 Å². The molecule has 0 heterocycles. The fraction of sp³-hybridized carbons (Fsp3) is 0.333. The van der Waals surface area contributed by atoms with Gasteiger partial charge in [0.05, 0.1) is 0 Å². The third-order valence-electron chi connectivity index (χ3n) is 3.63. The number of aryl methyl sites for hydroxylation is 1. The van der Waals surface area contributed by atoms with Crippen LogP contribution in [-0.2, 0) is 6.42 Å². The van der Waals surface area contributed by atoms with E-state index in [0.717, 1.165) is 30.0 Å². The van der Waals surface area contributed by atoms with Gasteiger partial charge in [-0.1, -0.05) is 66.0 Å². The molecule has 2 rings (SSSR count). The largest absolute Gasteiger partial charge is 0.310 e. The summed E-state index contributed by atoms with van der Waals surface area (Å²) in [4.78, 5) is 0. The van der Waals surface area contributed by atoms with Crippen molar-refractivity contribution in [2.75, 3.05) is 6.54 Å². The smallest absolute Gasteiger partial charge is 0.0468 e. The van der Waals surface area contributed by atoms with Gasteiger partial charge >= 0.3 is 0 Å². The van der Waals surface area contributed by atoms with Gasteiger partial charge < -0.3 is 5.32 Å². The van der Waals surface area contributed by atoms with Gasteiger partial charge in [0, 0.05) is 16.1 Å². The Morgan fingerprint density at radius 2 is 1.90 bits per heavy atom. The maximum absolute atomic E-state index is 6.30. The molecule has 0 radical (unpaired) electrons. The molecule has 2 aromatic carbocycles. The predicted octanol–water partition coefficient (Wildman–Crippen LogP) is 5.59. The van der Waals surface area contributed by atoms with Crippen LogP contribution in [0, 0.1) is 6.92 Å². The first-order valence-electron chi connectivity index (χ1n) is 7.34. The fourth-order valence-corrected chi connectivity index (χ4v) is 3.06. The minimum atomic E-state index is 0.263. The van der Waals surface area contributed by atoms with Crippen LogP contribution in [0.15, 0.2) is 42.5 Å². The summed E-state index contributed by atoms with van der Waals surface area (Å²) >= 11 is 12.3. The van der Waals surface area contributed by atoms with Gasteiger partial charge in [-0.05, 0) is 49.6 Å². The van der Waals surface area contributed by atoms with Crippen LogP contribution in [0.1, 0.15) is 36.1 Å². The van der Waals surface area contributed by atoms with E-state index in [9.17, 15) is 0 Å². The van der Waals surface area contributed by atoms with Crippen molar-refractivity contribution in [2.24, 2.45) is 0 Å². The van der Waals surface area contributed by atoms with Crippen molar-refractivity contribution in [3.63, 3.8) is 0 Å². The van der Waals surface area contributed by atoms with Crippen LogP contribution in [-0.4, -0.2) is 6.54 Å². The number of rotatable bonds is 6. The van der Waals surface area contributed by atoms with Crippen LogP contribution in [0.2, 0.25) is 10.0 Å². The Labute approximate surface area is 137 Å². The molecule has 0 amide bonds. The molecule has 2 aromatic rings. The second-order valence-electron chi connectivity index (χ2n) is 5.32. The fourth-order valence-electron chi connectivity index (χ4n) is 2.52. The Balaban J connectivity index is 1.96. The van der Waals surface area contributed by atoms with Crippen LogP contribution in [0.5, 0.6) is 0 Å². The topological polar surface area (TPSA) is 12.0 Å². The van der Waals surface area contributed by atoms with Crippen LogP contribution >= 0.6 is 23.2 Å². The maximum Gasteiger partial charge on any atom is 0.0468 e. The van der Waals surface area contributed by atoms with Gasteiger partial charge in [-0.25, -0.2) is 0 Å². The Hall–Kier alpha value is -1.02. The summed E-state index contributed by atoms with van der Waals surface area (Å²) in [7, 11) is 0. The Morgan fingerprint density at radius 1 is 1.10 bits per heavy atom. The zero-order valence-electron chi connectivity index (χ0n) is 12.5. The normalized spacial score (nSPS) is 12.4. The molecule has 1 unspecified atom stereocenters. The standard InChI is InChI=1S/C18H21Cl2N/c1-3-18(16-8-7-15(19)12-17(16)20)21-10-9-14-6-4-5-13(2)11-14/h4-8,11-12,18,21H,3,9-10H2,1-2H3. The summed E-state index contributed by atoms with van der Waals surface area (Å²) in [5, 5.41) is 5.00. The second kappa shape index (κ2) is 7.84. The summed E-state index contributed by atoms with van der Waals surface area (Å²) in [5.41, 5.74) is 3.78. The number of nitrogens with one attached hydrogen (secondary N) is 1. The highest BCUT2D eigenvalue weighted by Gasteiger charge is 2.12. The van der Waals surface area contributed by atoms with Crippen LogP contribution in [0.3, 0.4) is 0 Å². The molecule has 1 N–H and O–H groups in total. The van der Waals surface area contributed by atoms with Crippen molar-refractivity contribution in [3.8, 4) is 0 Å². The highest BCUT2D eigenvalue weighted by atomic mass is 35.5. The lowest BCUT2D eigenvalue weighted by molar-refractivity contribution is 0.523.